The Balaban J connectivity index is 1.46. The van der Waals surface area contributed by atoms with E-state index in [9.17, 15) is 19.7 Å². The first kappa shape index (κ1) is 20.3. The summed E-state index contributed by atoms with van der Waals surface area (Å²) in [6, 6.07) is 0. The molecule has 3 rings (SSSR count). The molecule has 2 amide bonds. The van der Waals surface area contributed by atoms with E-state index in [2.05, 4.69) is 4.98 Å². The number of nitro groups is 1. The van der Waals surface area contributed by atoms with Crippen LogP contribution in [0.3, 0.4) is 0 Å². The first-order chi connectivity index (χ1) is 13.5. The van der Waals surface area contributed by atoms with Crippen molar-refractivity contribution in [2.45, 2.75) is 58.4 Å². The number of rotatable bonds is 5. The minimum atomic E-state index is -0.530. The SMILES string of the molecule is Cc1nc([N+](=O)[O-])cn1CCC(=O)N1CCC(C(=O)N2CCCCCC2)CC1. The van der Waals surface area contributed by atoms with Crippen LogP contribution in [0.1, 0.15) is 50.8 Å². The van der Waals surface area contributed by atoms with Crippen LogP contribution in [0.5, 0.6) is 0 Å². The molecule has 2 aliphatic heterocycles. The second-order valence-corrected chi connectivity index (χ2v) is 7.74. The number of hydrogen-bond acceptors (Lipinski definition) is 5. The number of amides is 2. The van der Waals surface area contributed by atoms with Crippen LogP contribution in [0.2, 0.25) is 0 Å². The maximum Gasteiger partial charge on any atom is 0.381 e. The number of carbonyl (C=O) groups excluding carboxylic acids is 2. The van der Waals surface area contributed by atoms with E-state index in [1.165, 1.54) is 19.0 Å². The molecule has 3 heterocycles. The molecule has 28 heavy (non-hydrogen) atoms. The molecule has 2 fully saturated rings. The molecule has 0 N–H and O–H groups in total. The molecule has 154 valence electrons. The fourth-order valence-electron chi connectivity index (χ4n) is 4.11. The highest BCUT2D eigenvalue weighted by molar-refractivity contribution is 5.80. The molecular weight excluding hydrogens is 362 g/mol. The van der Waals surface area contributed by atoms with Crippen molar-refractivity contribution in [1.29, 1.82) is 0 Å². The molecule has 2 aliphatic rings. The summed E-state index contributed by atoms with van der Waals surface area (Å²) in [4.78, 5) is 43.2. The molecule has 0 saturated carbocycles. The summed E-state index contributed by atoms with van der Waals surface area (Å²) in [5.41, 5.74) is 0. The van der Waals surface area contributed by atoms with Crippen molar-refractivity contribution < 1.29 is 14.5 Å². The highest BCUT2D eigenvalue weighted by Gasteiger charge is 2.30. The third kappa shape index (κ3) is 4.88. The summed E-state index contributed by atoms with van der Waals surface area (Å²) in [7, 11) is 0. The van der Waals surface area contributed by atoms with Gasteiger partial charge < -0.3 is 24.5 Å². The summed E-state index contributed by atoms with van der Waals surface area (Å²) < 4.78 is 1.64. The van der Waals surface area contributed by atoms with E-state index < -0.39 is 4.92 Å². The van der Waals surface area contributed by atoms with Crippen molar-refractivity contribution in [1.82, 2.24) is 19.4 Å². The molecule has 0 radical (unpaired) electrons. The zero-order valence-electron chi connectivity index (χ0n) is 16.5. The molecule has 1 aromatic rings. The number of aromatic nitrogens is 2. The van der Waals surface area contributed by atoms with Crippen molar-refractivity contribution >= 4 is 17.6 Å². The number of imidazole rings is 1. The molecule has 9 heteroatoms. The second kappa shape index (κ2) is 9.16. The van der Waals surface area contributed by atoms with Gasteiger partial charge >= 0.3 is 5.82 Å². The molecule has 0 spiro atoms. The zero-order chi connectivity index (χ0) is 20.1. The van der Waals surface area contributed by atoms with Gasteiger partial charge in [-0.25, -0.2) is 0 Å². The second-order valence-electron chi connectivity index (χ2n) is 7.74. The summed E-state index contributed by atoms with van der Waals surface area (Å²) in [6.45, 7) is 5.01. The first-order valence-corrected chi connectivity index (χ1v) is 10.2. The maximum atomic E-state index is 12.7. The predicted molar refractivity (Wildman–Crippen MR) is 103 cm³/mol. The van der Waals surface area contributed by atoms with Gasteiger partial charge in [0.2, 0.25) is 17.6 Å². The normalized spacial score (nSPS) is 18.8. The van der Waals surface area contributed by atoms with E-state index in [-0.39, 0.29) is 30.0 Å². The molecule has 0 atom stereocenters. The number of hydrogen-bond donors (Lipinski definition) is 0. The van der Waals surface area contributed by atoms with Crippen LogP contribution in [0.25, 0.3) is 0 Å². The molecule has 0 aliphatic carbocycles. The van der Waals surface area contributed by atoms with Gasteiger partial charge in [0.25, 0.3) is 0 Å². The van der Waals surface area contributed by atoms with Gasteiger partial charge in [-0.15, -0.1) is 0 Å². The lowest BCUT2D eigenvalue weighted by Gasteiger charge is -2.34. The van der Waals surface area contributed by atoms with Gasteiger partial charge in [0, 0.05) is 52.0 Å². The van der Waals surface area contributed by atoms with Crippen LogP contribution < -0.4 is 0 Å². The Bertz CT molecular complexity index is 716. The van der Waals surface area contributed by atoms with E-state index in [4.69, 9.17) is 0 Å². The lowest BCUT2D eigenvalue weighted by molar-refractivity contribution is -0.389. The van der Waals surface area contributed by atoms with Crippen LogP contribution >= 0.6 is 0 Å². The van der Waals surface area contributed by atoms with Crippen LogP contribution in [-0.4, -0.2) is 62.3 Å². The zero-order valence-corrected chi connectivity index (χ0v) is 16.5. The summed E-state index contributed by atoms with van der Waals surface area (Å²) >= 11 is 0. The van der Waals surface area contributed by atoms with Crippen molar-refractivity contribution in [3.8, 4) is 0 Å². The molecule has 1 aromatic heterocycles. The van der Waals surface area contributed by atoms with Crippen molar-refractivity contribution in [2.75, 3.05) is 26.2 Å². The monoisotopic (exact) mass is 391 g/mol. The third-order valence-corrected chi connectivity index (χ3v) is 5.83. The Morgan fingerprint density at radius 2 is 1.75 bits per heavy atom. The number of carbonyl (C=O) groups is 2. The third-order valence-electron chi connectivity index (χ3n) is 5.83. The predicted octanol–water partition coefficient (Wildman–Crippen LogP) is 2.13. The largest absolute Gasteiger partial charge is 0.381 e. The van der Waals surface area contributed by atoms with Gasteiger partial charge in [-0.2, -0.15) is 0 Å². The van der Waals surface area contributed by atoms with Gasteiger partial charge in [0.15, 0.2) is 0 Å². The number of likely N-dealkylation sites (tertiary alicyclic amines) is 2. The Hall–Kier alpha value is -2.45. The number of piperidine rings is 1. The van der Waals surface area contributed by atoms with Crippen LogP contribution in [0.4, 0.5) is 5.82 Å². The van der Waals surface area contributed by atoms with E-state index >= 15 is 0 Å². The highest BCUT2D eigenvalue weighted by Crippen LogP contribution is 2.22. The van der Waals surface area contributed by atoms with E-state index in [1.54, 1.807) is 11.5 Å². The fourth-order valence-corrected chi connectivity index (χ4v) is 4.11. The quantitative estimate of drug-likeness (QED) is 0.565. The van der Waals surface area contributed by atoms with E-state index in [1.807, 2.05) is 9.80 Å². The smallest absolute Gasteiger partial charge is 0.358 e. The average Bonchev–Trinajstić information content (AvgIpc) is 2.89. The van der Waals surface area contributed by atoms with Crippen LogP contribution in [0.15, 0.2) is 6.20 Å². The minimum absolute atomic E-state index is 0.0245. The maximum absolute atomic E-state index is 12.7. The first-order valence-electron chi connectivity index (χ1n) is 10.2. The fraction of sp³-hybridized carbons (Fsp3) is 0.737. The molecule has 0 bridgehead atoms. The topological polar surface area (TPSA) is 102 Å². The van der Waals surface area contributed by atoms with Crippen LogP contribution in [-0.2, 0) is 16.1 Å². The Morgan fingerprint density at radius 3 is 2.32 bits per heavy atom. The van der Waals surface area contributed by atoms with Crippen molar-refractivity contribution in [3.63, 3.8) is 0 Å². The number of aryl methyl sites for hydroxylation is 2. The van der Waals surface area contributed by atoms with Gasteiger partial charge in [-0.05, 0) is 35.6 Å². The van der Waals surface area contributed by atoms with E-state index in [0.717, 1.165) is 38.8 Å². The molecule has 2 saturated heterocycles. The standard InChI is InChI=1S/C19H29N5O4/c1-15-20-17(24(27)28)14-23(15)13-8-18(25)21-11-6-16(7-12-21)19(26)22-9-4-2-3-5-10-22/h14,16H,2-13H2,1H3. The molecule has 0 aromatic carbocycles. The van der Waals surface area contributed by atoms with Crippen molar-refractivity contribution in [3.05, 3.63) is 22.1 Å². The summed E-state index contributed by atoms with van der Waals surface area (Å²) in [6.07, 6.45) is 7.68. The Labute approximate surface area is 164 Å². The molecular formula is C19H29N5O4. The Morgan fingerprint density at radius 1 is 1.11 bits per heavy atom. The van der Waals surface area contributed by atoms with E-state index in [0.29, 0.717) is 25.5 Å². The van der Waals surface area contributed by atoms with Crippen molar-refractivity contribution in [2.24, 2.45) is 5.92 Å². The minimum Gasteiger partial charge on any atom is -0.358 e. The van der Waals surface area contributed by atoms with Gasteiger partial charge in [0.1, 0.15) is 6.20 Å². The summed E-state index contributed by atoms with van der Waals surface area (Å²) in [5.74, 6) is 0.645. The highest BCUT2D eigenvalue weighted by atomic mass is 16.6. The van der Waals surface area contributed by atoms with Gasteiger partial charge in [-0.1, -0.05) is 12.8 Å². The lowest BCUT2D eigenvalue weighted by Crippen LogP contribution is -2.44. The molecule has 0 unspecified atom stereocenters. The summed E-state index contributed by atoms with van der Waals surface area (Å²) in [5, 5.41) is 10.8. The average molecular weight is 391 g/mol. The lowest BCUT2D eigenvalue weighted by atomic mass is 9.95. The van der Waals surface area contributed by atoms with Gasteiger partial charge in [0.05, 0.1) is 0 Å². The van der Waals surface area contributed by atoms with Gasteiger partial charge in [-0.3, -0.25) is 9.59 Å². The van der Waals surface area contributed by atoms with Crippen LogP contribution in [0, 0.1) is 23.0 Å². The molecule has 9 nitrogen and oxygen atoms in total. The number of nitrogens with zero attached hydrogens (tertiary/aromatic N) is 5. The Kier molecular flexibility index (Phi) is 6.64.